The molecule has 0 aromatic carbocycles. The zero-order chi connectivity index (χ0) is 16.1. The molecule has 1 rings (SSSR count). The lowest BCUT2D eigenvalue weighted by Gasteiger charge is -2.45. The molecular formula is C18H34O3. The first-order valence-electron chi connectivity index (χ1n) is 8.77. The van der Waals surface area contributed by atoms with E-state index in [2.05, 4.69) is 41.5 Å². The highest BCUT2D eigenvalue weighted by molar-refractivity contribution is 5.93. The van der Waals surface area contributed by atoms with Crippen molar-refractivity contribution < 1.29 is 14.6 Å². The van der Waals surface area contributed by atoms with Crippen LogP contribution < -0.4 is 0 Å². The minimum Gasteiger partial charge on any atom is -0.293 e. The van der Waals surface area contributed by atoms with Crippen molar-refractivity contribution in [3.8, 4) is 0 Å². The summed E-state index contributed by atoms with van der Waals surface area (Å²) in [6.07, 6.45) is 7.76. The molecule has 21 heavy (non-hydrogen) atoms. The van der Waals surface area contributed by atoms with E-state index in [-0.39, 0.29) is 16.6 Å². The molecule has 3 nitrogen and oxygen atoms in total. The molecule has 0 bridgehead atoms. The first kappa shape index (κ1) is 18.6. The Morgan fingerprint density at radius 1 is 0.952 bits per heavy atom. The van der Waals surface area contributed by atoms with Gasteiger partial charge in [-0.1, -0.05) is 60.8 Å². The van der Waals surface area contributed by atoms with Gasteiger partial charge < -0.3 is 0 Å². The molecule has 0 amide bonds. The maximum atomic E-state index is 13.3. The second-order valence-electron chi connectivity index (χ2n) is 7.13. The summed E-state index contributed by atoms with van der Waals surface area (Å²) in [5.74, 6) is -0.763. The van der Waals surface area contributed by atoms with E-state index in [1.54, 1.807) is 0 Å². The highest BCUT2D eigenvalue weighted by Gasteiger charge is 2.64. The predicted molar refractivity (Wildman–Crippen MR) is 85.8 cm³/mol. The molecule has 1 aliphatic heterocycles. The van der Waals surface area contributed by atoms with Gasteiger partial charge in [0.2, 0.25) is 5.78 Å². The highest BCUT2D eigenvalue weighted by Crippen LogP contribution is 2.54. The molecule has 124 valence electrons. The van der Waals surface area contributed by atoms with Crippen molar-refractivity contribution in [2.45, 2.75) is 98.7 Å². The van der Waals surface area contributed by atoms with E-state index in [1.165, 1.54) is 0 Å². The minimum atomic E-state index is -0.938. The lowest BCUT2D eigenvalue weighted by Crippen LogP contribution is -2.49. The summed E-state index contributed by atoms with van der Waals surface area (Å²) in [5, 5.41) is 0. The summed E-state index contributed by atoms with van der Waals surface area (Å²) in [4.78, 5) is 23.8. The topological polar surface area (TPSA) is 42.1 Å². The summed E-state index contributed by atoms with van der Waals surface area (Å²) in [7, 11) is 0. The van der Waals surface area contributed by atoms with Crippen LogP contribution in [0.4, 0.5) is 0 Å². The van der Waals surface area contributed by atoms with Crippen LogP contribution in [-0.4, -0.2) is 11.6 Å². The Hall–Kier alpha value is -0.410. The number of ketones is 1. The Balaban J connectivity index is 2.97. The molecule has 3 heteroatoms. The summed E-state index contributed by atoms with van der Waals surface area (Å²) in [6.45, 7) is 13.0. The molecule has 0 aliphatic carbocycles. The SMILES string of the molecule is CCCCCC1(C(=O)C(CC)(CC)C(C)(C)CCC)OO1. The average Bonchev–Trinajstić information content (AvgIpc) is 3.21. The van der Waals surface area contributed by atoms with Gasteiger partial charge in [0.05, 0.1) is 0 Å². The molecule has 1 aliphatic rings. The van der Waals surface area contributed by atoms with Crippen molar-refractivity contribution in [3.05, 3.63) is 0 Å². The quantitative estimate of drug-likeness (QED) is 0.290. The second-order valence-corrected chi connectivity index (χ2v) is 7.13. The molecule has 0 N–H and O–H groups in total. The van der Waals surface area contributed by atoms with Crippen LogP contribution in [0.3, 0.4) is 0 Å². The van der Waals surface area contributed by atoms with Crippen LogP contribution in [0.2, 0.25) is 0 Å². The lowest BCUT2D eigenvalue weighted by atomic mass is 9.57. The van der Waals surface area contributed by atoms with Crippen molar-refractivity contribution >= 4 is 5.78 Å². The van der Waals surface area contributed by atoms with Gasteiger partial charge in [0.25, 0.3) is 5.79 Å². The normalized spacial score (nSPS) is 17.8. The van der Waals surface area contributed by atoms with Crippen LogP contribution in [-0.2, 0) is 14.6 Å². The molecule has 0 spiro atoms. The van der Waals surface area contributed by atoms with Gasteiger partial charge in [-0.2, -0.15) is 9.78 Å². The summed E-state index contributed by atoms with van der Waals surface area (Å²) in [5.41, 5.74) is -0.388. The predicted octanol–water partition coefficient (Wildman–Crippen LogP) is 5.43. The fourth-order valence-corrected chi connectivity index (χ4v) is 3.99. The fraction of sp³-hybridized carbons (Fsp3) is 0.944. The second kappa shape index (κ2) is 7.23. The van der Waals surface area contributed by atoms with E-state index in [4.69, 9.17) is 9.78 Å². The van der Waals surface area contributed by atoms with E-state index in [0.717, 1.165) is 44.9 Å². The third-order valence-corrected chi connectivity index (χ3v) is 5.55. The number of hydrogen-bond acceptors (Lipinski definition) is 3. The standard InChI is InChI=1S/C18H34O3/c1-7-11-12-14-18(20-21-18)15(19)17(9-3,10-4)16(5,6)13-8-2/h7-14H2,1-6H3. The van der Waals surface area contributed by atoms with Crippen LogP contribution in [0.1, 0.15) is 92.9 Å². The van der Waals surface area contributed by atoms with Crippen LogP contribution in [0, 0.1) is 10.8 Å². The molecule has 0 unspecified atom stereocenters. The summed E-state index contributed by atoms with van der Waals surface area (Å²) < 4.78 is 0. The maximum absolute atomic E-state index is 13.3. The molecule has 1 heterocycles. The molecule has 0 saturated carbocycles. The molecule has 1 saturated heterocycles. The van der Waals surface area contributed by atoms with Crippen LogP contribution in [0.25, 0.3) is 0 Å². The highest BCUT2D eigenvalue weighted by atomic mass is 17.4. The number of Topliss-reactive ketones (excluding diaryl/α,β-unsaturated/α-hetero) is 1. The smallest absolute Gasteiger partial charge is 0.291 e. The van der Waals surface area contributed by atoms with Gasteiger partial charge in [0.15, 0.2) is 0 Å². The van der Waals surface area contributed by atoms with Crippen molar-refractivity contribution in [2.75, 3.05) is 0 Å². The van der Waals surface area contributed by atoms with E-state index >= 15 is 0 Å². The van der Waals surface area contributed by atoms with E-state index in [0.29, 0.717) is 6.42 Å². The zero-order valence-electron chi connectivity index (χ0n) is 14.9. The van der Waals surface area contributed by atoms with Crippen molar-refractivity contribution in [3.63, 3.8) is 0 Å². The average molecular weight is 298 g/mol. The molecule has 0 atom stereocenters. The van der Waals surface area contributed by atoms with Crippen LogP contribution >= 0.6 is 0 Å². The molecule has 0 radical (unpaired) electrons. The number of unbranched alkanes of at least 4 members (excludes halogenated alkanes) is 2. The Morgan fingerprint density at radius 2 is 1.52 bits per heavy atom. The number of carbonyl (C=O) groups excluding carboxylic acids is 1. The largest absolute Gasteiger partial charge is 0.293 e. The fourth-order valence-electron chi connectivity index (χ4n) is 3.99. The molecule has 1 fully saturated rings. The van der Waals surface area contributed by atoms with Gasteiger partial charge in [0, 0.05) is 11.8 Å². The number of hydrogen-bond donors (Lipinski definition) is 0. The van der Waals surface area contributed by atoms with Gasteiger partial charge in [-0.05, 0) is 31.1 Å². The third-order valence-electron chi connectivity index (χ3n) is 5.55. The van der Waals surface area contributed by atoms with Gasteiger partial charge in [0.1, 0.15) is 0 Å². The first-order chi connectivity index (χ1) is 9.85. The van der Waals surface area contributed by atoms with Gasteiger partial charge in [-0.15, -0.1) is 0 Å². The monoisotopic (exact) mass is 298 g/mol. The van der Waals surface area contributed by atoms with Gasteiger partial charge >= 0.3 is 0 Å². The maximum Gasteiger partial charge on any atom is 0.291 e. The lowest BCUT2D eigenvalue weighted by molar-refractivity contribution is -0.144. The molecule has 0 aromatic heterocycles. The molecular weight excluding hydrogens is 264 g/mol. The Morgan fingerprint density at radius 3 is 1.90 bits per heavy atom. The summed E-state index contributed by atoms with van der Waals surface area (Å²) in [6, 6.07) is 0. The summed E-state index contributed by atoms with van der Waals surface area (Å²) >= 11 is 0. The number of rotatable bonds is 11. The zero-order valence-corrected chi connectivity index (χ0v) is 14.9. The number of carbonyl (C=O) groups is 1. The van der Waals surface area contributed by atoms with E-state index in [1.807, 2.05) is 0 Å². The first-order valence-corrected chi connectivity index (χ1v) is 8.77. The Bertz CT molecular complexity index is 338. The van der Waals surface area contributed by atoms with Crippen LogP contribution in [0.5, 0.6) is 0 Å². The van der Waals surface area contributed by atoms with E-state index < -0.39 is 5.79 Å². The van der Waals surface area contributed by atoms with Crippen molar-refractivity contribution in [1.29, 1.82) is 0 Å². The third kappa shape index (κ3) is 3.50. The van der Waals surface area contributed by atoms with Gasteiger partial charge in [-0.25, -0.2) is 0 Å². The van der Waals surface area contributed by atoms with Gasteiger partial charge in [-0.3, -0.25) is 4.79 Å². The van der Waals surface area contributed by atoms with Crippen molar-refractivity contribution in [1.82, 2.24) is 0 Å². The Labute approximate surface area is 130 Å². The Kier molecular flexibility index (Phi) is 6.42. The van der Waals surface area contributed by atoms with Crippen LogP contribution in [0.15, 0.2) is 0 Å². The minimum absolute atomic E-state index is 0.0323. The van der Waals surface area contributed by atoms with Crippen molar-refractivity contribution in [2.24, 2.45) is 10.8 Å². The van der Waals surface area contributed by atoms with E-state index in [9.17, 15) is 4.79 Å². The molecule has 0 aromatic rings.